The van der Waals surface area contributed by atoms with Crippen molar-refractivity contribution in [2.75, 3.05) is 0 Å². The van der Waals surface area contributed by atoms with Crippen LogP contribution in [-0.4, -0.2) is 0 Å². The number of allylic oxidation sites excluding steroid dienone is 4. The van der Waals surface area contributed by atoms with Crippen LogP contribution in [0, 0.1) is 0 Å². The smallest absolute Gasteiger partial charge is 0.0153 e. The molecule has 0 saturated heterocycles. The lowest BCUT2D eigenvalue weighted by atomic mass is 9.72. The highest BCUT2D eigenvalue weighted by molar-refractivity contribution is 6.26. The van der Waals surface area contributed by atoms with Gasteiger partial charge in [-0.3, -0.25) is 0 Å². The average Bonchev–Trinajstić information content (AvgIpc) is 3.16. The predicted octanol–water partition coefficient (Wildman–Crippen LogP) is 13.5. The summed E-state index contributed by atoms with van der Waals surface area (Å²) in [4.78, 5) is 0. The molecule has 0 heterocycles. The Bertz CT molecular complexity index is 2790. The number of hydrogen-bond acceptors (Lipinski definition) is 0. The van der Waals surface area contributed by atoms with Crippen LogP contribution in [0.2, 0.25) is 0 Å². The Morgan fingerprint density at radius 2 is 1.02 bits per heavy atom. The molecule has 0 aliphatic heterocycles. The van der Waals surface area contributed by atoms with Crippen molar-refractivity contribution in [2.45, 2.75) is 18.8 Å². The summed E-state index contributed by atoms with van der Waals surface area (Å²) >= 11 is 0. The van der Waals surface area contributed by atoms with Crippen molar-refractivity contribution in [3.05, 3.63) is 187 Å². The summed E-state index contributed by atoms with van der Waals surface area (Å²) in [5.41, 5.74) is 8.87. The fourth-order valence-corrected chi connectivity index (χ4v) is 8.47. The van der Waals surface area contributed by atoms with Crippen LogP contribution in [0.3, 0.4) is 0 Å². The predicted molar refractivity (Wildman–Crippen MR) is 212 cm³/mol. The monoisotopic (exact) mass is 622 g/mol. The molecule has 0 bridgehead atoms. The third kappa shape index (κ3) is 4.45. The van der Waals surface area contributed by atoms with Crippen molar-refractivity contribution >= 4 is 59.4 Å². The molecule has 0 heteroatoms. The van der Waals surface area contributed by atoms with Gasteiger partial charge in [0.05, 0.1) is 0 Å². The van der Waals surface area contributed by atoms with Crippen LogP contribution in [0.25, 0.3) is 81.7 Å². The van der Waals surface area contributed by atoms with Crippen LogP contribution in [0.1, 0.15) is 24.5 Å². The molecule has 9 aromatic rings. The highest BCUT2D eigenvalue weighted by Gasteiger charge is 2.29. The topological polar surface area (TPSA) is 0 Å². The van der Waals surface area contributed by atoms with Crippen LogP contribution in [0.15, 0.2) is 176 Å². The SMILES string of the molecule is CC1(c2ccc3ccc4ccc(-c5ccc(-c6cccc7ccccc67)cc5)c5ccc2c3c45)C=C(c2ccc3ccccc3c2)C=CC1. The van der Waals surface area contributed by atoms with Gasteiger partial charge in [0.2, 0.25) is 0 Å². The fraction of sp³-hybridized carbons (Fsp3) is 0.0612. The van der Waals surface area contributed by atoms with Gasteiger partial charge < -0.3 is 0 Å². The molecule has 10 rings (SSSR count). The molecule has 1 unspecified atom stereocenters. The molecule has 1 atom stereocenters. The Kier molecular flexibility index (Phi) is 6.17. The lowest BCUT2D eigenvalue weighted by Crippen LogP contribution is -2.21. The lowest BCUT2D eigenvalue weighted by molar-refractivity contribution is 0.608. The molecule has 0 N–H and O–H groups in total. The molecule has 0 saturated carbocycles. The zero-order valence-electron chi connectivity index (χ0n) is 27.5. The van der Waals surface area contributed by atoms with Crippen molar-refractivity contribution in [1.82, 2.24) is 0 Å². The first-order chi connectivity index (χ1) is 24.1. The third-order valence-corrected chi connectivity index (χ3v) is 11.0. The minimum Gasteiger partial charge on any atom is -0.0827 e. The number of rotatable bonds is 4. The van der Waals surface area contributed by atoms with Crippen molar-refractivity contribution in [3.8, 4) is 22.3 Å². The summed E-state index contributed by atoms with van der Waals surface area (Å²) in [6, 6.07) is 58.5. The van der Waals surface area contributed by atoms with Crippen LogP contribution >= 0.6 is 0 Å². The molecule has 1 aliphatic rings. The molecule has 0 fully saturated rings. The quantitative estimate of drug-likeness (QED) is 0.171. The summed E-state index contributed by atoms with van der Waals surface area (Å²) < 4.78 is 0. The Morgan fingerprint density at radius 1 is 0.429 bits per heavy atom. The van der Waals surface area contributed by atoms with Crippen molar-refractivity contribution in [2.24, 2.45) is 0 Å². The zero-order chi connectivity index (χ0) is 32.5. The second-order valence-electron chi connectivity index (χ2n) is 13.9. The molecule has 0 amide bonds. The fourth-order valence-electron chi connectivity index (χ4n) is 8.47. The minimum absolute atomic E-state index is 0.127. The summed E-state index contributed by atoms with van der Waals surface area (Å²) in [5.74, 6) is 0. The van der Waals surface area contributed by atoms with E-state index in [-0.39, 0.29) is 5.41 Å². The van der Waals surface area contributed by atoms with E-state index >= 15 is 0 Å². The van der Waals surface area contributed by atoms with Gasteiger partial charge in [-0.1, -0.05) is 177 Å². The van der Waals surface area contributed by atoms with E-state index in [0.29, 0.717) is 0 Å². The third-order valence-electron chi connectivity index (χ3n) is 11.0. The van der Waals surface area contributed by atoms with E-state index in [1.54, 1.807) is 0 Å². The first kappa shape index (κ1) is 28.1. The van der Waals surface area contributed by atoms with Crippen LogP contribution in [-0.2, 0) is 5.41 Å². The van der Waals surface area contributed by atoms with E-state index in [0.717, 1.165) is 6.42 Å². The van der Waals surface area contributed by atoms with E-state index in [9.17, 15) is 0 Å². The molecule has 9 aromatic carbocycles. The molecular weight excluding hydrogens is 589 g/mol. The summed E-state index contributed by atoms with van der Waals surface area (Å²) in [7, 11) is 0. The van der Waals surface area contributed by atoms with Gasteiger partial charge in [-0.15, -0.1) is 0 Å². The van der Waals surface area contributed by atoms with E-state index in [4.69, 9.17) is 0 Å². The Hall–Kier alpha value is -5.98. The zero-order valence-corrected chi connectivity index (χ0v) is 27.5. The molecule has 1 aliphatic carbocycles. The number of hydrogen-bond donors (Lipinski definition) is 0. The normalized spacial score (nSPS) is 16.3. The van der Waals surface area contributed by atoms with Crippen molar-refractivity contribution in [3.63, 3.8) is 0 Å². The Labute approximate surface area is 286 Å². The maximum atomic E-state index is 2.51. The maximum absolute atomic E-state index is 2.51. The van der Waals surface area contributed by atoms with Gasteiger partial charge in [0.25, 0.3) is 0 Å². The van der Waals surface area contributed by atoms with Gasteiger partial charge >= 0.3 is 0 Å². The van der Waals surface area contributed by atoms with Crippen molar-refractivity contribution < 1.29 is 0 Å². The summed E-state index contributed by atoms with van der Waals surface area (Å²) in [5, 5.41) is 13.1. The van der Waals surface area contributed by atoms with Gasteiger partial charge in [-0.25, -0.2) is 0 Å². The largest absolute Gasteiger partial charge is 0.0827 e. The molecule has 0 radical (unpaired) electrons. The van der Waals surface area contributed by atoms with Gasteiger partial charge in [0.1, 0.15) is 0 Å². The average molecular weight is 623 g/mol. The molecule has 0 nitrogen and oxygen atoms in total. The minimum atomic E-state index is -0.127. The van der Waals surface area contributed by atoms with E-state index in [2.05, 4.69) is 183 Å². The molecule has 0 aromatic heterocycles. The Balaban J connectivity index is 1.10. The maximum Gasteiger partial charge on any atom is 0.0153 e. The van der Waals surface area contributed by atoms with E-state index < -0.39 is 0 Å². The summed E-state index contributed by atoms with van der Waals surface area (Å²) in [6.07, 6.45) is 8.15. The van der Waals surface area contributed by atoms with Crippen LogP contribution in [0.4, 0.5) is 0 Å². The van der Waals surface area contributed by atoms with Crippen LogP contribution in [0.5, 0.6) is 0 Å². The second kappa shape index (κ2) is 10.8. The molecule has 230 valence electrons. The second-order valence-corrected chi connectivity index (χ2v) is 13.9. The Morgan fingerprint density at radius 3 is 1.84 bits per heavy atom. The van der Waals surface area contributed by atoms with Crippen molar-refractivity contribution in [1.29, 1.82) is 0 Å². The molecule has 0 spiro atoms. The first-order valence-electron chi connectivity index (χ1n) is 17.3. The van der Waals surface area contributed by atoms with Gasteiger partial charge in [-0.2, -0.15) is 0 Å². The van der Waals surface area contributed by atoms with Gasteiger partial charge in [0.15, 0.2) is 0 Å². The highest BCUT2D eigenvalue weighted by atomic mass is 14.3. The molecular formula is C49H34. The highest BCUT2D eigenvalue weighted by Crippen LogP contribution is 2.46. The van der Waals surface area contributed by atoms with E-state index in [1.807, 2.05) is 0 Å². The van der Waals surface area contributed by atoms with Crippen LogP contribution < -0.4 is 0 Å². The number of benzene rings is 9. The lowest BCUT2D eigenvalue weighted by Gasteiger charge is -2.31. The molecule has 49 heavy (non-hydrogen) atoms. The standard InChI is InChI=1S/C49H34/c1-49(29-7-12-40(31-49)39-22-15-32-8-2-3-10-38(32)30-39)46-28-24-37-21-20-36-23-25-43(44-26-27-45(46)48(37)47(36)44)35-18-16-34(17-19-35)42-14-6-11-33-9-4-5-13-41(33)42/h2-28,30-31H,29H2,1H3. The number of fused-ring (bicyclic) bond motifs is 2. The summed E-state index contributed by atoms with van der Waals surface area (Å²) in [6.45, 7) is 2.41. The van der Waals surface area contributed by atoms with Gasteiger partial charge in [-0.05, 0) is 105 Å². The van der Waals surface area contributed by atoms with Gasteiger partial charge in [0, 0.05) is 5.41 Å². The first-order valence-corrected chi connectivity index (χ1v) is 17.3. The van der Waals surface area contributed by atoms with E-state index in [1.165, 1.54) is 92.8 Å².